The third-order valence-corrected chi connectivity index (χ3v) is 6.39. The van der Waals surface area contributed by atoms with E-state index in [4.69, 9.17) is 9.31 Å². The van der Waals surface area contributed by atoms with Gasteiger partial charge in [-0.2, -0.15) is 0 Å². The number of benzene rings is 2. The van der Waals surface area contributed by atoms with Gasteiger partial charge in [0.2, 0.25) is 10.9 Å². The smallest absolute Gasteiger partial charge is 0.399 e. The summed E-state index contributed by atoms with van der Waals surface area (Å²) >= 11 is 0. The highest BCUT2D eigenvalue weighted by Crippen LogP contribution is 2.37. The fourth-order valence-corrected chi connectivity index (χ4v) is 3.74. The molecule has 0 saturated carbocycles. The number of carbonyl (C=O) groups is 1. The molecule has 1 unspecified atom stereocenters. The average molecular weight is 451 g/mol. The standard InChI is InChI=1S/C21H24BF2NO5S/c1-12(25-31(27)28)15-10-17(22-29-20(2,3)21(4,5)30-22)16(11-18(15)24)19(26)13-6-8-14(23)9-7-13/h6-12,31H,1-5H3,(H,25,27,28). The molecular formula is C21H24BF2NO5S. The molecule has 166 valence electrons. The number of rotatable bonds is 6. The van der Waals surface area contributed by atoms with Gasteiger partial charge in [-0.1, -0.05) is 6.07 Å². The number of halogens is 2. The summed E-state index contributed by atoms with van der Waals surface area (Å²) in [5.41, 5.74) is -0.973. The lowest BCUT2D eigenvalue weighted by Crippen LogP contribution is -2.41. The summed E-state index contributed by atoms with van der Waals surface area (Å²) in [5.74, 6) is -1.80. The van der Waals surface area contributed by atoms with Gasteiger partial charge in [0.1, 0.15) is 11.6 Å². The molecule has 0 spiro atoms. The van der Waals surface area contributed by atoms with Crippen molar-refractivity contribution in [2.24, 2.45) is 0 Å². The van der Waals surface area contributed by atoms with Crippen molar-refractivity contribution in [1.29, 1.82) is 0 Å². The highest BCUT2D eigenvalue weighted by Gasteiger charge is 2.52. The Bertz CT molecular complexity index is 1060. The maximum absolute atomic E-state index is 14.9. The molecule has 0 aromatic heterocycles. The molecule has 0 aliphatic carbocycles. The van der Waals surface area contributed by atoms with Crippen molar-refractivity contribution in [3.05, 3.63) is 64.7 Å². The molecule has 6 nitrogen and oxygen atoms in total. The summed E-state index contributed by atoms with van der Waals surface area (Å²) in [5, 5.41) is 0. The molecule has 1 aliphatic rings. The van der Waals surface area contributed by atoms with Gasteiger partial charge in [0, 0.05) is 22.7 Å². The van der Waals surface area contributed by atoms with E-state index in [2.05, 4.69) is 4.72 Å². The molecule has 0 radical (unpaired) electrons. The SMILES string of the molecule is CC(N[SH](=O)=O)c1cc(B2OC(C)(C)C(C)(C)O2)c(C(=O)c2ccc(F)cc2)cc1F. The molecule has 1 N–H and O–H groups in total. The Kier molecular flexibility index (Phi) is 6.39. The van der Waals surface area contributed by atoms with E-state index in [1.165, 1.54) is 25.1 Å². The second-order valence-electron chi connectivity index (χ2n) is 8.49. The number of thiol groups is 1. The van der Waals surface area contributed by atoms with Gasteiger partial charge in [-0.3, -0.25) is 4.79 Å². The number of hydrogen-bond acceptors (Lipinski definition) is 5. The van der Waals surface area contributed by atoms with E-state index in [1.54, 1.807) is 0 Å². The molecule has 31 heavy (non-hydrogen) atoms. The number of hydrogen-bond donors (Lipinski definition) is 2. The fraction of sp³-hybridized carbons (Fsp3) is 0.381. The minimum atomic E-state index is -2.97. The van der Waals surface area contributed by atoms with Crippen molar-refractivity contribution in [2.45, 2.75) is 51.9 Å². The molecule has 2 aromatic rings. The monoisotopic (exact) mass is 451 g/mol. The first kappa shape index (κ1) is 23.5. The van der Waals surface area contributed by atoms with Crippen LogP contribution in [-0.4, -0.2) is 32.5 Å². The molecule has 2 aromatic carbocycles. The molecule has 1 atom stereocenters. The average Bonchev–Trinajstić information content (AvgIpc) is 2.88. The summed E-state index contributed by atoms with van der Waals surface area (Å²) in [6.45, 7) is 8.84. The van der Waals surface area contributed by atoms with Crippen molar-refractivity contribution in [3.8, 4) is 0 Å². The second-order valence-corrected chi connectivity index (χ2v) is 9.27. The zero-order valence-corrected chi connectivity index (χ0v) is 18.8. The van der Waals surface area contributed by atoms with Gasteiger partial charge in [0.05, 0.1) is 11.2 Å². The molecule has 0 bridgehead atoms. The zero-order chi connectivity index (χ0) is 23.1. The minimum absolute atomic E-state index is 0.00920. The van der Waals surface area contributed by atoms with Gasteiger partial charge in [0.15, 0.2) is 5.78 Å². The first-order valence-corrected chi connectivity index (χ1v) is 10.9. The summed E-state index contributed by atoms with van der Waals surface area (Å²) in [6, 6.07) is 6.44. The molecular weight excluding hydrogens is 427 g/mol. The lowest BCUT2D eigenvalue weighted by molar-refractivity contribution is 0.00578. The highest BCUT2D eigenvalue weighted by molar-refractivity contribution is 7.70. The van der Waals surface area contributed by atoms with Crippen molar-refractivity contribution in [2.75, 3.05) is 0 Å². The van der Waals surface area contributed by atoms with Gasteiger partial charge in [0.25, 0.3) is 0 Å². The number of carbonyl (C=O) groups excluding carboxylic acids is 1. The van der Waals surface area contributed by atoms with Crippen LogP contribution in [-0.2, 0) is 20.2 Å². The van der Waals surface area contributed by atoms with Gasteiger partial charge >= 0.3 is 7.12 Å². The predicted octanol–water partition coefficient (Wildman–Crippen LogP) is 2.67. The summed E-state index contributed by atoms with van der Waals surface area (Å²) in [7, 11) is -3.96. The third kappa shape index (κ3) is 4.72. The largest absolute Gasteiger partial charge is 0.495 e. The van der Waals surface area contributed by atoms with Crippen molar-refractivity contribution >= 4 is 29.3 Å². The Morgan fingerprint density at radius 2 is 1.58 bits per heavy atom. The van der Waals surface area contributed by atoms with Crippen LogP contribution in [0, 0.1) is 11.6 Å². The topological polar surface area (TPSA) is 81.7 Å². The molecule has 1 aliphatic heterocycles. The predicted molar refractivity (Wildman–Crippen MR) is 114 cm³/mol. The van der Waals surface area contributed by atoms with Crippen LogP contribution in [0.1, 0.15) is 62.1 Å². The van der Waals surface area contributed by atoms with Gasteiger partial charge in [-0.25, -0.2) is 21.9 Å². The van der Waals surface area contributed by atoms with Crippen molar-refractivity contribution < 1.29 is 31.3 Å². The minimum Gasteiger partial charge on any atom is -0.399 e. The molecule has 0 amide bonds. The van der Waals surface area contributed by atoms with Gasteiger partial charge in [-0.15, -0.1) is 0 Å². The Morgan fingerprint density at radius 1 is 1.03 bits per heavy atom. The van der Waals surface area contributed by atoms with Crippen LogP contribution in [0.5, 0.6) is 0 Å². The normalized spacial score (nSPS) is 18.4. The molecule has 1 heterocycles. The molecule has 3 rings (SSSR count). The highest BCUT2D eigenvalue weighted by atomic mass is 32.2. The van der Waals surface area contributed by atoms with Crippen LogP contribution >= 0.6 is 0 Å². The summed E-state index contributed by atoms with van der Waals surface area (Å²) < 4.78 is 64.7. The Labute approximate surface area is 182 Å². The van der Waals surface area contributed by atoms with E-state index >= 15 is 0 Å². The molecule has 1 saturated heterocycles. The quantitative estimate of drug-likeness (QED) is 0.401. The Hall–Kier alpha value is -2.14. The van der Waals surface area contributed by atoms with E-state index < -0.39 is 52.7 Å². The van der Waals surface area contributed by atoms with Crippen molar-refractivity contribution in [1.82, 2.24) is 4.72 Å². The number of ketones is 1. The van der Waals surface area contributed by atoms with Gasteiger partial charge < -0.3 is 9.31 Å². The van der Waals surface area contributed by atoms with E-state index in [0.29, 0.717) is 0 Å². The Morgan fingerprint density at radius 3 is 2.10 bits per heavy atom. The van der Waals surface area contributed by atoms with Crippen LogP contribution in [0.15, 0.2) is 36.4 Å². The lowest BCUT2D eigenvalue weighted by Gasteiger charge is -2.32. The third-order valence-electron chi connectivity index (χ3n) is 5.79. The first-order chi connectivity index (χ1) is 14.3. The van der Waals surface area contributed by atoms with Crippen LogP contribution in [0.2, 0.25) is 0 Å². The van der Waals surface area contributed by atoms with Crippen LogP contribution in [0.4, 0.5) is 8.78 Å². The lowest BCUT2D eigenvalue weighted by atomic mass is 9.73. The maximum atomic E-state index is 14.9. The van der Waals surface area contributed by atoms with Crippen LogP contribution in [0.25, 0.3) is 0 Å². The van der Waals surface area contributed by atoms with Crippen molar-refractivity contribution in [3.63, 3.8) is 0 Å². The summed E-state index contributed by atoms with van der Waals surface area (Å²) in [6.07, 6.45) is 0. The van der Waals surface area contributed by atoms with Crippen LogP contribution in [0.3, 0.4) is 0 Å². The Balaban J connectivity index is 2.14. The maximum Gasteiger partial charge on any atom is 0.495 e. The molecule has 10 heteroatoms. The molecule has 1 fully saturated rings. The van der Waals surface area contributed by atoms with E-state index in [9.17, 15) is 22.0 Å². The van der Waals surface area contributed by atoms with E-state index in [-0.39, 0.29) is 22.2 Å². The van der Waals surface area contributed by atoms with Crippen LogP contribution < -0.4 is 10.2 Å². The second kappa shape index (κ2) is 8.42. The number of nitrogens with one attached hydrogen (secondary N) is 1. The van der Waals surface area contributed by atoms with E-state index in [0.717, 1.165) is 18.2 Å². The summed E-state index contributed by atoms with van der Waals surface area (Å²) in [4.78, 5) is 13.2. The zero-order valence-electron chi connectivity index (χ0n) is 17.9. The fourth-order valence-electron chi connectivity index (χ4n) is 3.29. The van der Waals surface area contributed by atoms with E-state index in [1.807, 2.05) is 27.7 Å². The first-order valence-electron chi connectivity index (χ1n) is 9.72. The van der Waals surface area contributed by atoms with Gasteiger partial charge in [-0.05, 0) is 70.4 Å².